The average molecular weight is 260 g/mol. The molecule has 1 aromatic carbocycles. The van der Waals surface area contributed by atoms with Gasteiger partial charge in [0.1, 0.15) is 5.58 Å². The summed E-state index contributed by atoms with van der Waals surface area (Å²) in [7, 11) is 0. The standard InChI is InChI=1S/C15H20N2O2/c1-11(6-8-16)15(18)17-9-7-12-10-19-14-5-3-2-4-13(12)14/h2-5,10-11H,6-9,16H2,1H3,(H,17,18). The van der Waals surface area contributed by atoms with Crippen molar-refractivity contribution in [2.75, 3.05) is 13.1 Å². The molecule has 2 rings (SSSR count). The minimum atomic E-state index is -0.0221. The quantitative estimate of drug-likeness (QED) is 0.835. The molecule has 0 saturated carbocycles. The average Bonchev–Trinajstić information content (AvgIpc) is 2.82. The van der Waals surface area contributed by atoms with Crippen LogP contribution in [0.2, 0.25) is 0 Å². The van der Waals surface area contributed by atoms with Crippen molar-refractivity contribution in [3.05, 3.63) is 36.1 Å². The van der Waals surface area contributed by atoms with Gasteiger partial charge in [-0.3, -0.25) is 4.79 Å². The van der Waals surface area contributed by atoms with Gasteiger partial charge in [0.25, 0.3) is 0 Å². The van der Waals surface area contributed by atoms with Crippen LogP contribution in [0.1, 0.15) is 18.9 Å². The van der Waals surface area contributed by atoms with Crippen molar-refractivity contribution in [2.45, 2.75) is 19.8 Å². The zero-order valence-electron chi connectivity index (χ0n) is 11.2. The molecule has 102 valence electrons. The number of amides is 1. The lowest BCUT2D eigenvalue weighted by Gasteiger charge is -2.10. The van der Waals surface area contributed by atoms with Crippen LogP contribution in [0.15, 0.2) is 34.9 Å². The summed E-state index contributed by atoms with van der Waals surface area (Å²) in [6, 6.07) is 7.92. The molecule has 1 aromatic heterocycles. The molecular weight excluding hydrogens is 240 g/mol. The van der Waals surface area contributed by atoms with E-state index >= 15 is 0 Å². The molecule has 0 saturated heterocycles. The highest BCUT2D eigenvalue weighted by Gasteiger charge is 2.11. The Balaban J connectivity index is 1.87. The summed E-state index contributed by atoms with van der Waals surface area (Å²) in [5.74, 6) is 0.0457. The number of nitrogens with one attached hydrogen (secondary N) is 1. The Kier molecular flexibility index (Phi) is 4.58. The monoisotopic (exact) mass is 260 g/mol. The molecule has 1 heterocycles. The van der Waals surface area contributed by atoms with Gasteiger partial charge in [-0.2, -0.15) is 0 Å². The van der Waals surface area contributed by atoms with Crippen LogP contribution < -0.4 is 11.1 Å². The van der Waals surface area contributed by atoms with Crippen molar-refractivity contribution >= 4 is 16.9 Å². The highest BCUT2D eigenvalue weighted by molar-refractivity contribution is 5.81. The fraction of sp³-hybridized carbons (Fsp3) is 0.400. The molecule has 2 aromatic rings. The lowest BCUT2D eigenvalue weighted by molar-refractivity contribution is -0.124. The van der Waals surface area contributed by atoms with E-state index in [1.54, 1.807) is 6.26 Å². The number of fused-ring (bicyclic) bond motifs is 1. The summed E-state index contributed by atoms with van der Waals surface area (Å²) in [6.07, 6.45) is 3.26. The third kappa shape index (κ3) is 3.35. The lowest BCUT2D eigenvalue weighted by Crippen LogP contribution is -2.31. The maximum atomic E-state index is 11.7. The van der Waals surface area contributed by atoms with Crippen molar-refractivity contribution in [1.29, 1.82) is 0 Å². The normalized spacial score (nSPS) is 12.5. The summed E-state index contributed by atoms with van der Waals surface area (Å²) in [6.45, 7) is 3.06. The molecule has 0 radical (unpaired) electrons. The van der Waals surface area contributed by atoms with Gasteiger partial charge in [-0.25, -0.2) is 0 Å². The second kappa shape index (κ2) is 6.38. The minimum absolute atomic E-state index is 0.0221. The van der Waals surface area contributed by atoms with E-state index in [2.05, 4.69) is 5.32 Å². The van der Waals surface area contributed by atoms with E-state index in [4.69, 9.17) is 10.2 Å². The van der Waals surface area contributed by atoms with Crippen molar-refractivity contribution in [2.24, 2.45) is 11.7 Å². The maximum absolute atomic E-state index is 11.7. The topological polar surface area (TPSA) is 68.3 Å². The number of hydrogen-bond donors (Lipinski definition) is 2. The van der Waals surface area contributed by atoms with Gasteiger partial charge in [0.15, 0.2) is 0 Å². The smallest absolute Gasteiger partial charge is 0.222 e. The third-order valence-electron chi connectivity index (χ3n) is 3.30. The number of furan rings is 1. The van der Waals surface area contributed by atoms with Crippen LogP contribution in [0, 0.1) is 5.92 Å². The van der Waals surface area contributed by atoms with Gasteiger partial charge in [-0.1, -0.05) is 25.1 Å². The van der Waals surface area contributed by atoms with E-state index in [1.165, 1.54) is 0 Å². The largest absolute Gasteiger partial charge is 0.464 e. The van der Waals surface area contributed by atoms with Gasteiger partial charge < -0.3 is 15.5 Å². The van der Waals surface area contributed by atoms with Crippen LogP contribution in [-0.2, 0) is 11.2 Å². The van der Waals surface area contributed by atoms with Gasteiger partial charge in [0.2, 0.25) is 5.91 Å². The Morgan fingerprint density at radius 3 is 3.00 bits per heavy atom. The Hall–Kier alpha value is -1.81. The van der Waals surface area contributed by atoms with Crippen LogP contribution in [0.3, 0.4) is 0 Å². The Morgan fingerprint density at radius 1 is 1.42 bits per heavy atom. The summed E-state index contributed by atoms with van der Waals surface area (Å²) in [4.78, 5) is 11.7. The number of carbonyl (C=O) groups excluding carboxylic acids is 1. The molecular formula is C15H20N2O2. The van der Waals surface area contributed by atoms with E-state index < -0.39 is 0 Å². The summed E-state index contributed by atoms with van der Waals surface area (Å²) < 4.78 is 5.46. The highest BCUT2D eigenvalue weighted by Crippen LogP contribution is 2.20. The molecule has 0 bridgehead atoms. The number of para-hydroxylation sites is 1. The van der Waals surface area contributed by atoms with Crippen molar-refractivity contribution < 1.29 is 9.21 Å². The number of nitrogens with two attached hydrogens (primary N) is 1. The first-order valence-electron chi connectivity index (χ1n) is 6.65. The van der Waals surface area contributed by atoms with Crippen LogP contribution in [-0.4, -0.2) is 19.0 Å². The molecule has 19 heavy (non-hydrogen) atoms. The summed E-state index contributed by atoms with van der Waals surface area (Å²) >= 11 is 0. The third-order valence-corrected chi connectivity index (χ3v) is 3.30. The van der Waals surface area contributed by atoms with Crippen molar-refractivity contribution in [1.82, 2.24) is 5.32 Å². The molecule has 4 heteroatoms. The first kappa shape index (κ1) is 13.6. The predicted octanol–water partition coefficient (Wildman–Crippen LogP) is 2.08. The van der Waals surface area contributed by atoms with E-state index in [0.717, 1.165) is 29.4 Å². The predicted molar refractivity (Wildman–Crippen MR) is 75.8 cm³/mol. The first-order valence-corrected chi connectivity index (χ1v) is 6.65. The van der Waals surface area contributed by atoms with Crippen LogP contribution in [0.25, 0.3) is 11.0 Å². The number of rotatable bonds is 6. The molecule has 0 aliphatic rings. The summed E-state index contributed by atoms with van der Waals surface area (Å²) in [5, 5.41) is 4.05. The fourth-order valence-corrected chi connectivity index (χ4v) is 2.10. The Bertz CT molecular complexity index is 548. The molecule has 1 amide bonds. The lowest BCUT2D eigenvalue weighted by atomic mass is 10.1. The molecule has 0 aliphatic carbocycles. The van der Waals surface area contributed by atoms with Crippen LogP contribution in [0.5, 0.6) is 0 Å². The molecule has 0 spiro atoms. The van der Waals surface area contributed by atoms with E-state index in [-0.39, 0.29) is 11.8 Å². The maximum Gasteiger partial charge on any atom is 0.222 e. The zero-order valence-corrected chi connectivity index (χ0v) is 11.2. The second-order valence-corrected chi connectivity index (χ2v) is 4.78. The van der Waals surface area contributed by atoms with Gasteiger partial charge >= 0.3 is 0 Å². The number of hydrogen-bond acceptors (Lipinski definition) is 3. The molecule has 4 nitrogen and oxygen atoms in total. The molecule has 1 unspecified atom stereocenters. The van der Waals surface area contributed by atoms with Gasteiger partial charge in [-0.05, 0) is 31.0 Å². The van der Waals surface area contributed by atoms with E-state index in [9.17, 15) is 4.79 Å². The minimum Gasteiger partial charge on any atom is -0.464 e. The van der Waals surface area contributed by atoms with Crippen LogP contribution in [0.4, 0.5) is 0 Å². The van der Waals surface area contributed by atoms with Crippen molar-refractivity contribution in [3.63, 3.8) is 0 Å². The van der Waals surface area contributed by atoms with Gasteiger partial charge in [-0.15, -0.1) is 0 Å². The second-order valence-electron chi connectivity index (χ2n) is 4.78. The fourth-order valence-electron chi connectivity index (χ4n) is 2.10. The van der Waals surface area contributed by atoms with Crippen LogP contribution >= 0.6 is 0 Å². The Labute approximate surface area is 113 Å². The molecule has 0 fully saturated rings. The van der Waals surface area contributed by atoms with E-state index in [1.807, 2.05) is 31.2 Å². The molecule has 3 N–H and O–H groups in total. The SMILES string of the molecule is CC(CCN)C(=O)NCCc1coc2ccccc12. The van der Waals surface area contributed by atoms with Gasteiger partial charge in [0, 0.05) is 17.8 Å². The van der Waals surface area contributed by atoms with E-state index in [0.29, 0.717) is 13.1 Å². The summed E-state index contributed by atoms with van der Waals surface area (Å²) in [5.41, 5.74) is 7.46. The van der Waals surface area contributed by atoms with Gasteiger partial charge in [0.05, 0.1) is 6.26 Å². The molecule has 0 aliphatic heterocycles. The van der Waals surface area contributed by atoms with Crippen molar-refractivity contribution in [3.8, 4) is 0 Å². The number of carbonyl (C=O) groups is 1. The zero-order chi connectivity index (χ0) is 13.7. The first-order chi connectivity index (χ1) is 9.22. The molecule has 1 atom stereocenters. The highest BCUT2D eigenvalue weighted by atomic mass is 16.3. The Morgan fingerprint density at radius 2 is 2.21 bits per heavy atom. The number of benzene rings is 1.